The fourth-order valence-electron chi connectivity index (χ4n) is 1.13. The average Bonchev–Trinajstić information content (AvgIpc) is 2.22. The zero-order valence-corrected chi connectivity index (χ0v) is 9.12. The van der Waals surface area contributed by atoms with Gasteiger partial charge in [0.1, 0.15) is 0 Å². The summed E-state index contributed by atoms with van der Waals surface area (Å²) in [4.78, 5) is 9.86. The zero-order chi connectivity index (χ0) is 10.4. The van der Waals surface area contributed by atoms with Crippen LogP contribution in [0, 0.1) is 0 Å². The molecule has 0 unspecified atom stereocenters. The Morgan fingerprint density at radius 1 is 1.14 bits per heavy atom. The van der Waals surface area contributed by atoms with E-state index in [1.54, 1.807) is 14.2 Å². The Hall–Kier alpha value is -0.610. The van der Waals surface area contributed by atoms with E-state index in [1.165, 1.54) is 10.8 Å². The largest absolute Gasteiger partial charge is 0.278 e. The molecule has 0 aliphatic rings. The molecular formula is C10H14ClNO2. The van der Waals surface area contributed by atoms with Crippen molar-refractivity contribution < 1.29 is 9.68 Å². The molecular weight excluding hydrogens is 202 g/mol. The normalized spacial score (nSPS) is 10.9. The van der Waals surface area contributed by atoms with Crippen molar-refractivity contribution >= 4 is 11.6 Å². The molecule has 0 saturated heterocycles. The lowest BCUT2D eigenvalue weighted by Gasteiger charge is -2.15. The Morgan fingerprint density at radius 3 is 2.21 bits per heavy atom. The van der Waals surface area contributed by atoms with Crippen molar-refractivity contribution in [3.05, 3.63) is 34.9 Å². The minimum Gasteiger partial charge on any atom is -0.278 e. The van der Waals surface area contributed by atoms with E-state index >= 15 is 0 Å². The maximum absolute atomic E-state index is 5.77. The standard InChI is InChI=1S/C10H14ClNO2/c1-13-12(14-2)8-7-9-3-5-10(11)6-4-9/h3-6H,7-8H2,1-2H3. The molecule has 0 N–H and O–H groups in total. The number of rotatable bonds is 5. The van der Waals surface area contributed by atoms with Gasteiger partial charge in [-0.25, -0.2) is 0 Å². The van der Waals surface area contributed by atoms with Gasteiger partial charge in [0.05, 0.1) is 20.8 Å². The third-order valence-corrected chi connectivity index (χ3v) is 2.16. The van der Waals surface area contributed by atoms with Crippen LogP contribution in [0.3, 0.4) is 0 Å². The molecule has 0 radical (unpaired) electrons. The van der Waals surface area contributed by atoms with Gasteiger partial charge in [-0.1, -0.05) is 29.0 Å². The van der Waals surface area contributed by atoms with Gasteiger partial charge in [-0.05, 0) is 24.1 Å². The molecule has 1 aromatic carbocycles. The van der Waals surface area contributed by atoms with Crippen molar-refractivity contribution in [3.8, 4) is 0 Å². The van der Waals surface area contributed by atoms with Crippen LogP contribution in [-0.2, 0) is 16.1 Å². The van der Waals surface area contributed by atoms with Crippen LogP contribution in [0.2, 0.25) is 5.02 Å². The Labute approximate surface area is 89.1 Å². The van der Waals surface area contributed by atoms with E-state index in [4.69, 9.17) is 21.3 Å². The van der Waals surface area contributed by atoms with Crippen LogP contribution < -0.4 is 0 Å². The molecule has 0 atom stereocenters. The smallest absolute Gasteiger partial charge is 0.0601 e. The molecule has 0 fully saturated rings. The van der Waals surface area contributed by atoms with Gasteiger partial charge in [0.2, 0.25) is 0 Å². The van der Waals surface area contributed by atoms with E-state index in [0.29, 0.717) is 6.54 Å². The van der Waals surface area contributed by atoms with E-state index in [-0.39, 0.29) is 0 Å². The van der Waals surface area contributed by atoms with Crippen molar-refractivity contribution in [2.75, 3.05) is 20.8 Å². The summed E-state index contributed by atoms with van der Waals surface area (Å²) >= 11 is 5.77. The molecule has 4 heteroatoms. The molecule has 3 nitrogen and oxygen atoms in total. The third-order valence-electron chi connectivity index (χ3n) is 1.90. The number of hydroxylamine groups is 2. The van der Waals surface area contributed by atoms with Gasteiger partial charge in [0.25, 0.3) is 0 Å². The first-order valence-electron chi connectivity index (χ1n) is 4.36. The molecule has 0 amide bonds. The number of halogens is 1. The quantitative estimate of drug-likeness (QED) is 0.704. The van der Waals surface area contributed by atoms with Crippen LogP contribution in [0.5, 0.6) is 0 Å². The molecule has 0 aromatic heterocycles. The topological polar surface area (TPSA) is 21.7 Å². The summed E-state index contributed by atoms with van der Waals surface area (Å²) in [6.07, 6.45) is 0.860. The summed E-state index contributed by atoms with van der Waals surface area (Å²) in [5, 5.41) is 2.18. The van der Waals surface area contributed by atoms with Crippen LogP contribution in [0.1, 0.15) is 5.56 Å². The Bertz CT molecular complexity index is 259. The van der Waals surface area contributed by atoms with E-state index in [9.17, 15) is 0 Å². The minimum absolute atomic E-state index is 0.689. The van der Waals surface area contributed by atoms with Gasteiger partial charge < -0.3 is 0 Å². The lowest BCUT2D eigenvalue weighted by Crippen LogP contribution is -2.23. The van der Waals surface area contributed by atoms with Crippen LogP contribution in [0.15, 0.2) is 24.3 Å². The minimum atomic E-state index is 0.689. The number of hydrogen-bond donors (Lipinski definition) is 0. The number of benzene rings is 1. The SMILES string of the molecule is CON(CCc1ccc(Cl)cc1)OC. The molecule has 0 saturated carbocycles. The van der Waals surface area contributed by atoms with Crippen molar-refractivity contribution in [1.82, 2.24) is 5.23 Å². The molecule has 1 aromatic rings. The Morgan fingerprint density at radius 2 is 1.71 bits per heavy atom. The van der Waals surface area contributed by atoms with Gasteiger partial charge in [-0.3, -0.25) is 9.68 Å². The second kappa shape index (κ2) is 5.98. The van der Waals surface area contributed by atoms with Crippen molar-refractivity contribution in [2.45, 2.75) is 6.42 Å². The summed E-state index contributed by atoms with van der Waals surface area (Å²) in [5.74, 6) is 0. The number of hydrogen-bond acceptors (Lipinski definition) is 3. The van der Waals surface area contributed by atoms with Crippen molar-refractivity contribution in [2.24, 2.45) is 0 Å². The fraction of sp³-hybridized carbons (Fsp3) is 0.400. The summed E-state index contributed by atoms with van der Waals surface area (Å²) < 4.78 is 0. The third kappa shape index (κ3) is 3.64. The van der Waals surface area contributed by atoms with Crippen molar-refractivity contribution in [1.29, 1.82) is 0 Å². The Balaban J connectivity index is 2.41. The molecule has 14 heavy (non-hydrogen) atoms. The predicted octanol–water partition coefficient (Wildman–Crippen LogP) is 2.31. The maximum Gasteiger partial charge on any atom is 0.0601 e. The van der Waals surface area contributed by atoms with Crippen LogP contribution in [0.4, 0.5) is 0 Å². The van der Waals surface area contributed by atoms with Gasteiger partial charge in [0, 0.05) is 5.02 Å². The molecule has 0 heterocycles. The molecule has 0 bridgehead atoms. The lowest BCUT2D eigenvalue weighted by atomic mass is 10.1. The first-order valence-corrected chi connectivity index (χ1v) is 4.74. The summed E-state index contributed by atoms with van der Waals surface area (Å²) in [6.45, 7) is 0.689. The molecule has 0 spiro atoms. The molecule has 0 aliphatic carbocycles. The second-order valence-corrected chi connectivity index (χ2v) is 3.23. The lowest BCUT2D eigenvalue weighted by molar-refractivity contribution is -0.341. The average molecular weight is 216 g/mol. The summed E-state index contributed by atoms with van der Waals surface area (Å²) in [5.41, 5.74) is 1.20. The van der Waals surface area contributed by atoms with Gasteiger partial charge in [-0.15, -0.1) is 0 Å². The van der Waals surface area contributed by atoms with Crippen LogP contribution in [0.25, 0.3) is 0 Å². The second-order valence-electron chi connectivity index (χ2n) is 2.80. The van der Waals surface area contributed by atoms with Gasteiger partial charge in [-0.2, -0.15) is 0 Å². The molecule has 0 aliphatic heterocycles. The summed E-state index contributed by atoms with van der Waals surface area (Å²) in [7, 11) is 3.15. The maximum atomic E-state index is 5.77. The Kier molecular flexibility index (Phi) is 4.90. The van der Waals surface area contributed by atoms with Gasteiger partial charge in [0.15, 0.2) is 0 Å². The zero-order valence-electron chi connectivity index (χ0n) is 8.37. The van der Waals surface area contributed by atoms with Gasteiger partial charge >= 0.3 is 0 Å². The molecule has 78 valence electrons. The van der Waals surface area contributed by atoms with Crippen molar-refractivity contribution in [3.63, 3.8) is 0 Å². The highest BCUT2D eigenvalue weighted by atomic mass is 35.5. The van der Waals surface area contributed by atoms with E-state index in [2.05, 4.69) is 0 Å². The summed E-state index contributed by atoms with van der Waals surface area (Å²) in [6, 6.07) is 7.74. The highest BCUT2D eigenvalue weighted by molar-refractivity contribution is 6.30. The first-order chi connectivity index (χ1) is 6.76. The van der Waals surface area contributed by atoms with Crippen LogP contribution in [-0.4, -0.2) is 26.0 Å². The van der Waals surface area contributed by atoms with E-state index in [0.717, 1.165) is 11.4 Å². The predicted molar refractivity (Wildman–Crippen MR) is 55.9 cm³/mol. The number of nitrogens with zero attached hydrogens (tertiary/aromatic N) is 1. The first kappa shape index (κ1) is 11.5. The fourth-order valence-corrected chi connectivity index (χ4v) is 1.25. The monoisotopic (exact) mass is 215 g/mol. The molecule has 1 rings (SSSR count). The highest BCUT2D eigenvalue weighted by Crippen LogP contribution is 2.10. The van der Waals surface area contributed by atoms with Crippen LogP contribution >= 0.6 is 11.6 Å². The van der Waals surface area contributed by atoms with E-state index < -0.39 is 0 Å². The van der Waals surface area contributed by atoms with E-state index in [1.807, 2.05) is 24.3 Å². The highest BCUT2D eigenvalue weighted by Gasteiger charge is 2.01.